The number of rotatable bonds is 18. The minimum atomic E-state index is -2.41. The number of fused-ring (bicyclic) bond motifs is 5. The molecule has 3 aliphatic rings. The van der Waals surface area contributed by atoms with Crippen molar-refractivity contribution in [3.63, 3.8) is 0 Å². The van der Waals surface area contributed by atoms with Gasteiger partial charge in [0.05, 0.1) is 57.0 Å². The Balaban J connectivity index is 1.72. The van der Waals surface area contributed by atoms with E-state index in [9.17, 15) is 58.5 Å². The molecule has 1 aromatic carbocycles. The highest BCUT2D eigenvalue weighted by atomic mass is 32.2. The molecule has 9 amide bonds. The van der Waals surface area contributed by atoms with Gasteiger partial charge in [0.2, 0.25) is 52.3 Å². The topological polar surface area (TPSA) is 403 Å². The van der Waals surface area contributed by atoms with Gasteiger partial charge < -0.3 is 81.8 Å². The molecule has 0 aliphatic carbocycles. The van der Waals surface area contributed by atoms with Crippen molar-refractivity contribution in [1.29, 1.82) is 0 Å². The maximum Gasteiger partial charge on any atom is 0.407 e. The van der Waals surface area contributed by atoms with Gasteiger partial charge in [0.1, 0.15) is 35.2 Å². The first-order chi connectivity index (χ1) is 38.3. The molecule has 3 aliphatic heterocycles. The van der Waals surface area contributed by atoms with Gasteiger partial charge >= 0.3 is 6.09 Å². The third kappa shape index (κ3) is 17.5. The van der Waals surface area contributed by atoms with E-state index >= 15 is 9.35 Å². The molecule has 2 bridgehead atoms. The molecule has 2 aromatic rings. The van der Waals surface area contributed by atoms with Crippen molar-refractivity contribution in [2.45, 2.75) is 171 Å². The maximum absolute atomic E-state index is 15.6. The van der Waals surface area contributed by atoms with Crippen LogP contribution in [0.3, 0.4) is 0 Å². The number of aldehydes is 1. The summed E-state index contributed by atoms with van der Waals surface area (Å²) < 4.78 is 28.3. The average molecular weight is 1160 g/mol. The number of ether oxygens (including phenoxy) is 2. The molecule has 28 heteroatoms. The fourth-order valence-electron chi connectivity index (χ4n) is 10.1. The number of carbonyl (C=O) groups excluding carboxylic acids is 10. The number of nitrogens with two attached hydrogens (primary N) is 1. The summed E-state index contributed by atoms with van der Waals surface area (Å²) in [5.74, 6) is -10.5. The normalized spacial score (nSPS) is 25.9. The molecule has 2 unspecified atom stereocenters. The number of carbonyl (C=O) groups is 10. The lowest BCUT2D eigenvalue weighted by Gasteiger charge is -2.40. The zero-order valence-corrected chi connectivity index (χ0v) is 47.9. The van der Waals surface area contributed by atoms with Crippen LogP contribution in [0.4, 0.5) is 4.79 Å². The molecule has 1 aromatic heterocycles. The molecule has 11 atom stereocenters. The molecule has 0 radical (unpaired) electrons. The highest BCUT2D eigenvalue weighted by Gasteiger charge is 2.53. The van der Waals surface area contributed by atoms with Crippen molar-refractivity contribution in [3.05, 3.63) is 23.8 Å². The Kier molecular flexibility index (Phi) is 23.7. The van der Waals surface area contributed by atoms with Crippen molar-refractivity contribution in [2.75, 3.05) is 45.6 Å². The Morgan fingerprint density at radius 1 is 0.914 bits per heavy atom. The van der Waals surface area contributed by atoms with Gasteiger partial charge in [-0.05, 0) is 51.7 Å². The molecule has 0 spiro atoms. The number of hydrogen-bond donors (Lipinski definition) is 12. The van der Waals surface area contributed by atoms with Crippen molar-refractivity contribution < 1.29 is 77.3 Å². The fourth-order valence-corrected chi connectivity index (χ4v) is 11.6. The number of aryl methyl sites for hydroxylation is 1. The third-order valence-electron chi connectivity index (χ3n) is 14.6. The van der Waals surface area contributed by atoms with Crippen LogP contribution in [0.2, 0.25) is 0 Å². The molecule has 81 heavy (non-hydrogen) atoms. The number of nitrogens with one attached hydrogen (secondary N) is 8. The Hall–Kier alpha value is -6.59. The van der Waals surface area contributed by atoms with E-state index in [2.05, 4.69) is 42.5 Å². The SMILES string of the molecule is CC[C@H](C)[C@@H]1NC(=O)CNC(=O)C2Cc3c(n(CCCCCCCCNC(=O)OC(C)(C)C)c4cc(OC)ccc34)[S@+]([O-])CC(NC(=O)CNC1=O)C(=O)N[C@@H](CC(N)=O)C(=O)N1C[C@H](O)C[C@]1(C=O)N[C@@H]([C@@H](C)[C@@H](O)CO)C(=O)N2. The van der Waals surface area contributed by atoms with Crippen LogP contribution < -0.4 is 53.0 Å². The molecule has 27 nitrogen and oxygen atoms in total. The Morgan fingerprint density at radius 2 is 1.57 bits per heavy atom. The summed E-state index contributed by atoms with van der Waals surface area (Å²) in [6.07, 6.45) is -1.000. The fraction of sp³-hybridized carbons (Fsp3) is 0.660. The number of aliphatic hydroxyl groups excluding tert-OH is 3. The van der Waals surface area contributed by atoms with Crippen LogP contribution in [0, 0.1) is 11.8 Å². The van der Waals surface area contributed by atoms with Gasteiger partial charge in [-0.3, -0.25) is 48.5 Å². The summed E-state index contributed by atoms with van der Waals surface area (Å²) in [5, 5.41) is 53.6. The smallest absolute Gasteiger partial charge is 0.407 e. The molecular weight excluding hydrogens is 1080 g/mol. The standard InChI is InChI=1S/C53H81N11O16S/c1-8-29(2)43-47(74)57-23-41(70)58-37-27-81(78)50-34(33-16-15-32(79-7)19-38(33)63(50)18-14-12-10-9-11-13-17-55-51(77)80-52(4,5)6)20-35(45(72)56-24-42(71)61-43)59-48(75)44(30(3)39(68)26-65)62-53(28-66)22-31(67)25-64(53)49(76)36(21-40(54)69)60-46(37)73/h15-16,19,28-31,35-37,39,43-44,62,65,67-68H,8-14,17-18,20-27H2,1-7H3,(H2,54,69)(H,55,77)(H,56,72)(H,57,74)(H,58,70)(H,59,75)(H,60,73)(H,61,71)/t29-,30-,31+,35?,36-,37?,39-,43-,44-,53-,81+/m0/s1. The number of hydrogen-bond acceptors (Lipinski definition) is 17. The van der Waals surface area contributed by atoms with Gasteiger partial charge in [-0.25, -0.2) is 4.79 Å². The highest BCUT2D eigenvalue weighted by Crippen LogP contribution is 2.36. The van der Waals surface area contributed by atoms with Crippen LogP contribution >= 0.6 is 0 Å². The summed E-state index contributed by atoms with van der Waals surface area (Å²) in [7, 11) is 1.44. The zero-order chi connectivity index (χ0) is 59.9. The number of aromatic nitrogens is 1. The first kappa shape index (κ1) is 65.2. The summed E-state index contributed by atoms with van der Waals surface area (Å²) in [4.78, 5) is 140. The summed E-state index contributed by atoms with van der Waals surface area (Å²) in [6.45, 7) is 7.55. The van der Waals surface area contributed by atoms with E-state index in [0.29, 0.717) is 48.9 Å². The summed E-state index contributed by atoms with van der Waals surface area (Å²) in [5.41, 5.74) is 3.28. The second kappa shape index (κ2) is 29.4. The molecule has 13 N–H and O–H groups in total. The highest BCUT2D eigenvalue weighted by molar-refractivity contribution is 7.91. The number of amides is 9. The molecule has 5 rings (SSSR count). The summed E-state index contributed by atoms with van der Waals surface area (Å²) in [6, 6.07) is -3.66. The van der Waals surface area contributed by atoms with Crippen LogP contribution in [-0.2, 0) is 72.0 Å². The van der Waals surface area contributed by atoms with Crippen molar-refractivity contribution >= 4 is 81.7 Å². The minimum absolute atomic E-state index is 0.0245. The van der Waals surface area contributed by atoms with E-state index in [1.807, 2.05) is 0 Å². The third-order valence-corrected chi connectivity index (χ3v) is 16.1. The average Bonchev–Trinajstić information content (AvgIpc) is 4.10. The lowest BCUT2D eigenvalue weighted by Crippen LogP contribution is -2.69. The number of benzene rings is 1. The van der Waals surface area contributed by atoms with Crippen LogP contribution in [-0.4, -0.2) is 188 Å². The Morgan fingerprint density at radius 3 is 2.20 bits per heavy atom. The van der Waals surface area contributed by atoms with E-state index in [1.54, 1.807) is 57.4 Å². The van der Waals surface area contributed by atoms with Crippen molar-refractivity contribution in [1.82, 2.24) is 52.0 Å². The van der Waals surface area contributed by atoms with Crippen LogP contribution in [0.5, 0.6) is 5.75 Å². The Bertz CT molecular complexity index is 2610. The molecule has 1 fully saturated rings. The maximum atomic E-state index is 15.6. The van der Waals surface area contributed by atoms with Crippen LogP contribution in [0.1, 0.15) is 105 Å². The van der Waals surface area contributed by atoms with Gasteiger partial charge in [0.15, 0.2) is 18.0 Å². The zero-order valence-electron chi connectivity index (χ0n) is 47.1. The van der Waals surface area contributed by atoms with Gasteiger partial charge in [0, 0.05) is 66.6 Å². The largest absolute Gasteiger partial charge is 0.610 e. The van der Waals surface area contributed by atoms with Crippen LogP contribution in [0.25, 0.3) is 10.9 Å². The lowest BCUT2D eigenvalue weighted by molar-refractivity contribution is -0.147. The number of methoxy groups -OCH3 is 1. The van der Waals surface area contributed by atoms with Crippen molar-refractivity contribution in [3.8, 4) is 5.75 Å². The number of alkyl carbamates (subject to hydrolysis) is 1. The number of aliphatic hydroxyl groups is 3. The predicted octanol–water partition coefficient (Wildman–Crippen LogP) is -2.28. The van der Waals surface area contributed by atoms with Gasteiger partial charge in [0.25, 0.3) is 0 Å². The monoisotopic (exact) mass is 1160 g/mol. The predicted molar refractivity (Wildman–Crippen MR) is 293 cm³/mol. The van der Waals surface area contributed by atoms with E-state index in [-0.39, 0.29) is 23.4 Å². The lowest BCUT2D eigenvalue weighted by atomic mass is 9.92. The summed E-state index contributed by atoms with van der Waals surface area (Å²) >= 11 is -2.41. The first-order valence-corrected chi connectivity index (χ1v) is 28.7. The quantitative estimate of drug-likeness (QED) is 0.0425. The molecular formula is C53H81N11O16S. The second-order valence-electron chi connectivity index (χ2n) is 21.9. The number of unbranched alkanes of at least 4 members (excludes halogenated alkanes) is 5. The number of primary amides is 1. The molecule has 1 saturated heterocycles. The molecule has 4 heterocycles. The van der Waals surface area contributed by atoms with Gasteiger partial charge in [-0.1, -0.05) is 52.9 Å². The van der Waals surface area contributed by atoms with E-state index in [0.717, 1.165) is 24.2 Å². The van der Waals surface area contributed by atoms with E-state index in [1.165, 1.54) is 14.0 Å². The first-order valence-electron chi connectivity index (χ1n) is 27.4. The van der Waals surface area contributed by atoms with E-state index < -0.39 is 181 Å². The second-order valence-corrected chi connectivity index (χ2v) is 23.4. The van der Waals surface area contributed by atoms with E-state index in [4.69, 9.17) is 15.2 Å². The van der Waals surface area contributed by atoms with Gasteiger partial charge in [-0.2, -0.15) is 0 Å². The van der Waals surface area contributed by atoms with Crippen molar-refractivity contribution in [2.24, 2.45) is 17.6 Å². The Labute approximate surface area is 473 Å². The number of nitrogens with zero attached hydrogens (tertiary/aromatic N) is 2. The van der Waals surface area contributed by atoms with Gasteiger partial charge in [-0.15, -0.1) is 0 Å². The minimum Gasteiger partial charge on any atom is -0.610 e. The van der Waals surface area contributed by atoms with Crippen LogP contribution in [0.15, 0.2) is 23.2 Å². The molecule has 450 valence electrons. The molecule has 0 saturated carbocycles.